The Bertz CT molecular complexity index is 798. The molecule has 0 saturated carbocycles. The Hall–Kier alpha value is -2.28. The molecular weight excluding hydrogens is 318 g/mol. The van der Waals surface area contributed by atoms with Crippen LogP contribution in [0.1, 0.15) is 36.9 Å². The summed E-state index contributed by atoms with van der Waals surface area (Å²) in [4.78, 5) is 11.3. The summed E-state index contributed by atoms with van der Waals surface area (Å²) in [5.74, 6) is -0.906. The van der Waals surface area contributed by atoms with Crippen LogP contribution in [-0.4, -0.2) is 21.5 Å². The Balaban J connectivity index is 2.21. The standard InChI is InChI=1S/C16H19NO5S/c1-16(2,3)11-5-7-12(8-6-11)17-23(19,20)14-10-9-13(22-14)15(18)21-4/h5-10,17H,1-4H3. The average Bonchev–Trinajstić information content (AvgIpc) is 2.96. The van der Waals surface area contributed by atoms with Gasteiger partial charge in [0.25, 0.3) is 10.0 Å². The van der Waals surface area contributed by atoms with Crippen molar-refractivity contribution in [2.75, 3.05) is 11.8 Å². The first-order chi connectivity index (χ1) is 10.6. The van der Waals surface area contributed by atoms with Crippen molar-refractivity contribution in [3.8, 4) is 0 Å². The number of carbonyl (C=O) groups is 1. The maximum atomic E-state index is 12.3. The molecule has 0 radical (unpaired) electrons. The SMILES string of the molecule is COC(=O)c1ccc(S(=O)(=O)Nc2ccc(C(C)(C)C)cc2)o1. The van der Waals surface area contributed by atoms with Crippen molar-refractivity contribution in [1.29, 1.82) is 0 Å². The lowest BCUT2D eigenvalue weighted by Gasteiger charge is -2.19. The van der Waals surface area contributed by atoms with Gasteiger partial charge in [0, 0.05) is 5.69 Å². The molecule has 7 heteroatoms. The molecule has 0 saturated heterocycles. The summed E-state index contributed by atoms with van der Waals surface area (Å²) in [7, 11) is -2.72. The molecule has 1 aromatic carbocycles. The van der Waals surface area contributed by atoms with Crippen LogP contribution in [0.4, 0.5) is 5.69 Å². The molecule has 0 fully saturated rings. The van der Waals surface area contributed by atoms with E-state index in [1.165, 1.54) is 19.2 Å². The molecule has 0 atom stereocenters. The highest BCUT2D eigenvalue weighted by atomic mass is 32.2. The normalized spacial score (nSPS) is 12.0. The second-order valence-electron chi connectivity index (χ2n) is 6.04. The number of rotatable bonds is 4. The van der Waals surface area contributed by atoms with E-state index in [0.717, 1.165) is 5.56 Å². The van der Waals surface area contributed by atoms with E-state index < -0.39 is 16.0 Å². The van der Waals surface area contributed by atoms with Gasteiger partial charge < -0.3 is 9.15 Å². The smallest absolute Gasteiger partial charge is 0.374 e. The zero-order valence-corrected chi connectivity index (χ0v) is 14.2. The zero-order valence-electron chi connectivity index (χ0n) is 13.4. The molecule has 0 bridgehead atoms. The van der Waals surface area contributed by atoms with Crippen molar-refractivity contribution in [3.63, 3.8) is 0 Å². The van der Waals surface area contributed by atoms with E-state index in [1.807, 2.05) is 12.1 Å². The number of methoxy groups -OCH3 is 1. The lowest BCUT2D eigenvalue weighted by atomic mass is 9.87. The van der Waals surface area contributed by atoms with Crippen LogP contribution in [0.15, 0.2) is 45.9 Å². The third-order valence-electron chi connectivity index (χ3n) is 3.24. The number of ether oxygens (including phenoxy) is 1. The highest BCUT2D eigenvalue weighted by molar-refractivity contribution is 7.92. The highest BCUT2D eigenvalue weighted by Gasteiger charge is 2.22. The molecule has 6 nitrogen and oxygen atoms in total. The fourth-order valence-corrected chi connectivity index (χ4v) is 2.91. The quantitative estimate of drug-likeness (QED) is 0.866. The first-order valence-electron chi connectivity index (χ1n) is 6.95. The molecule has 0 unspecified atom stereocenters. The topological polar surface area (TPSA) is 85.6 Å². The molecule has 2 aromatic rings. The third kappa shape index (κ3) is 3.92. The molecule has 1 aromatic heterocycles. The van der Waals surface area contributed by atoms with E-state index in [4.69, 9.17) is 4.42 Å². The number of nitrogens with one attached hydrogen (secondary N) is 1. The van der Waals surface area contributed by atoms with Gasteiger partial charge in [0.15, 0.2) is 0 Å². The predicted octanol–water partition coefficient (Wildman–Crippen LogP) is 3.16. The van der Waals surface area contributed by atoms with Gasteiger partial charge in [-0.1, -0.05) is 32.9 Å². The summed E-state index contributed by atoms with van der Waals surface area (Å²) < 4.78 is 36.4. The van der Waals surface area contributed by atoms with Gasteiger partial charge in [-0.3, -0.25) is 4.72 Å². The minimum atomic E-state index is -3.91. The number of benzene rings is 1. The summed E-state index contributed by atoms with van der Waals surface area (Å²) >= 11 is 0. The van der Waals surface area contributed by atoms with Gasteiger partial charge in [-0.15, -0.1) is 0 Å². The second kappa shape index (κ2) is 6.08. The average molecular weight is 337 g/mol. The van der Waals surface area contributed by atoms with Crippen LogP contribution in [0.3, 0.4) is 0 Å². The number of esters is 1. The summed E-state index contributed by atoms with van der Waals surface area (Å²) in [6.45, 7) is 6.22. The Labute approximate surface area is 135 Å². The Morgan fingerprint density at radius 2 is 1.70 bits per heavy atom. The van der Waals surface area contributed by atoms with E-state index in [1.54, 1.807) is 12.1 Å². The molecule has 2 rings (SSSR count). The van der Waals surface area contributed by atoms with Gasteiger partial charge in [0.05, 0.1) is 7.11 Å². The van der Waals surface area contributed by atoms with E-state index >= 15 is 0 Å². The minimum absolute atomic E-state index is 0.0200. The lowest BCUT2D eigenvalue weighted by molar-refractivity contribution is 0.0559. The van der Waals surface area contributed by atoms with Gasteiger partial charge in [-0.25, -0.2) is 4.79 Å². The van der Waals surface area contributed by atoms with Crippen molar-refractivity contribution in [2.45, 2.75) is 31.3 Å². The van der Waals surface area contributed by atoms with Crippen LogP contribution in [-0.2, 0) is 20.2 Å². The Morgan fingerprint density at radius 3 is 2.22 bits per heavy atom. The largest absolute Gasteiger partial charge is 0.463 e. The molecule has 1 N–H and O–H groups in total. The number of hydrogen-bond donors (Lipinski definition) is 1. The number of sulfonamides is 1. The highest BCUT2D eigenvalue weighted by Crippen LogP contribution is 2.25. The molecule has 23 heavy (non-hydrogen) atoms. The molecule has 0 aliphatic rings. The zero-order chi connectivity index (χ0) is 17.3. The minimum Gasteiger partial charge on any atom is -0.463 e. The molecule has 0 aliphatic carbocycles. The number of hydrogen-bond acceptors (Lipinski definition) is 5. The van der Waals surface area contributed by atoms with E-state index in [9.17, 15) is 13.2 Å². The summed E-state index contributed by atoms with van der Waals surface area (Å²) in [5, 5.41) is -0.349. The molecule has 0 aliphatic heterocycles. The van der Waals surface area contributed by atoms with E-state index in [2.05, 4.69) is 30.2 Å². The number of furan rings is 1. The van der Waals surface area contributed by atoms with Gasteiger partial charge in [-0.05, 0) is 35.2 Å². The molecular formula is C16H19NO5S. The Kier molecular flexibility index (Phi) is 4.51. The van der Waals surface area contributed by atoms with Crippen LogP contribution in [0, 0.1) is 0 Å². The van der Waals surface area contributed by atoms with Crippen LogP contribution >= 0.6 is 0 Å². The third-order valence-corrected chi connectivity index (χ3v) is 4.49. The monoisotopic (exact) mass is 337 g/mol. The van der Waals surface area contributed by atoms with Crippen LogP contribution in [0.25, 0.3) is 0 Å². The fraction of sp³-hybridized carbons (Fsp3) is 0.312. The van der Waals surface area contributed by atoms with Crippen LogP contribution in [0.2, 0.25) is 0 Å². The molecule has 0 spiro atoms. The van der Waals surface area contributed by atoms with Crippen molar-refractivity contribution in [1.82, 2.24) is 0 Å². The second-order valence-corrected chi connectivity index (χ2v) is 7.66. The summed E-state index contributed by atoms with van der Waals surface area (Å²) in [6, 6.07) is 9.55. The van der Waals surface area contributed by atoms with Gasteiger partial charge in [-0.2, -0.15) is 8.42 Å². The first kappa shape index (κ1) is 17.1. The lowest BCUT2D eigenvalue weighted by Crippen LogP contribution is -2.14. The molecule has 1 heterocycles. The number of anilines is 1. The van der Waals surface area contributed by atoms with Crippen LogP contribution in [0.5, 0.6) is 0 Å². The van der Waals surface area contributed by atoms with E-state index in [0.29, 0.717) is 5.69 Å². The summed E-state index contributed by atoms with van der Waals surface area (Å²) in [6.07, 6.45) is 0. The van der Waals surface area contributed by atoms with Crippen molar-refractivity contribution < 1.29 is 22.4 Å². The van der Waals surface area contributed by atoms with Crippen LogP contribution < -0.4 is 4.72 Å². The van der Waals surface area contributed by atoms with Gasteiger partial charge in [0.2, 0.25) is 10.9 Å². The maximum Gasteiger partial charge on any atom is 0.374 e. The number of carbonyl (C=O) groups excluding carboxylic acids is 1. The maximum absolute atomic E-state index is 12.3. The van der Waals surface area contributed by atoms with Crippen molar-refractivity contribution >= 4 is 21.7 Å². The molecule has 124 valence electrons. The summed E-state index contributed by atoms with van der Waals surface area (Å²) in [5.41, 5.74) is 1.48. The molecule has 0 amide bonds. The van der Waals surface area contributed by atoms with Gasteiger partial charge in [0.1, 0.15) is 0 Å². The first-order valence-corrected chi connectivity index (χ1v) is 8.43. The Morgan fingerprint density at radius 1 is 1.09 bits per heavy atom. The van der Waals surface area contributed by atoms with Crippen molar-refractivity contribution in [3.05, 3.63) is 47.7 Å². The predicted molar refractivity (Wildman–Crippen MR) is 86.0 cm³/mol. The fourth-order valence-electron chi connectivity index (χ4n) is 1.92. The van der Waals surface area contributed by atoms with E-state index in [-0.39, 0.29) is 16.3 Å². The van der Waals surface area contributed by atoms with Gasteiger partial charge >= 0.3 is 5.97 Å². The van der Waals surface area contributed by atoms with Crippen molar-refractivity contribution in [2.24, 2.45) is 0 Å².